The van der Waals surface area contributed by atoms with E-state index in [2.05, 4.69) is 15.5 Å². The predicted molar refractivity (Wildman–Crippen MR) is 100 cm³/mol. The molecule has 8 heteroatoms. The number of amides is 2. The zero-order valence-electron chi connectivity index (χ0n) is 15.5. The van der Waals surface area contributed by atoms with Gasteiger partial charge in [0, 0.05) is 31.4 Å². The average molecular weight is 369 g/mol. The van der Waals surface area contributed by atoms with Crippen LogP contribution in [0.15, 0.2) is 28.7 Å². The third-order valence-electron chi connectivity index (χ3n) is 5.12. The van der Waals surface area contributed by atoms with E-state index in [-0.39, 0.29) is 18.6 Å². The summed E-state index contributed by atoms with van der Waals surface area (Å²) in [6, 6.07) is 7.52. The number of fused-ring (bicyclic) bond motifs is 1. The van der Waals surface area contributed by atoms with Crippen LogP contribution in [-0.4, -0.2) is 43.9 Å². The predicted octanol–water partition coefficient (Wildman–Crippen LogP) is 2.77. The number of aliphatic hydroxyl groups is 1. The van der Waals surface area contributed by atoms with E-state index in [4.69, 9.17) is 4.42 Å². The summed E-state index contributed by atoms with van der Waals surface area (Å²) in [5.74, 6) is 2.25. The number of aromatic nitrogens is 3. The van der Waals surface area contributed by atoms with Crippen LogP contribution in [-0.2, 0) is 13.7 Å². The van der Waals surface area contributed by atoms with E-state index in [9.17, 15) is 9.90 Å². The summed E-state index contributed by atoms with van der Waals surface area (Å²) >= 11 is 0. The van der Waals surface area contributed by atoms with Crippen LogP contribution in [0, 0.1) is 6.92 Å². The van der Waals surface area contributed by atoms with Gasteiger partial charge in [-0.25, -0.2) is 4.79 Å². The second-order valence-corrected chi connectivity index (χ2v) is 6.99. The summed E-state index contributed by atoms with van der Waals surface area (Å²) in [6.07, 6.45) is 1.83. The number of hydrogen-bond acceptors (Lipinski definition) is 5. The smallest absolute Gasteiger partial charge is 0.321 e. The van der Waals surface area contributed by atoms with E-state index in [1.54, 1.807) is 4.90 Å². The Hall–Kier alpha value is -2.87. The van der Waals surface area contributed by atoms with Crippen LogP contribution in [0.25, 0.3) is 11.0 Å². The number of aryl methyl sites for hydroxylation is 1. The molecule has 0 unspecified atom stereocenters. The lowest BCUT2D eigenvalue weighted by atomic mass is 9.97. The summed E-state index contributed by atoms with van der Waals surface area (Å²) in [5, 5.41) is 21.5. The first-order valence-corrected chi connectivity index (χ1v) is 9.11. The first-order chi connectivity index (χ1) is 13.1. The van der Waals surface area contributed by atoms with Crippen molar-refractivity contribution >= 4 is 22.7 Å². The van der Waals surface area contributed by atoms with Crippen LogP contribution in [0.2, 0.25) is 0 Å². The molecule has 3 aromatic rings. The third kappa shape index (κ3) is 3.28. The van der Waals surface area contributed by atoms with Crippen LogP contribution >= 0.6 is 0 Å². The molecular formula is C19H23N5O3. The Kier molecular flexibility index (Phi) is 4.57. The van der Waals surface area contributed by atoms with Crippen molar-refractivity contribution in [1.29, 1.82) is 0 Å². The molecule has 1 aliphatic heterocycles. The number of nitrogens with zero attached hydrogens (tertiary/aromatic N) is 4. The Bertz CT molecular complexity index is 977. The molecule has 142 valence electrons. The normalized spacial score (nSPS) is 17.4. The third-order valence-corrected chi connectivity index (χ3v) is 5.12. The molecule has 1 aromatic carbocycles. The number of carbonyl (C=O) groups excluding carboxylic acids is 1. The van der Waals surface area contributed by atoms with Crippen molar-refractivity contribution in [3.8, 4) is 0 Å². The van der Waals surface area contributed by atoms with Crippen molar-refractivity contribution < 1.29 is 14.3 Å². The van der Waals surface area contributed by atoms with E-state index < -0.39 is 0 Å². The lowest BCUT2D eigenvalue weighted by molar-refractivity contribution is 0.190. The molecule has 1 atom stereocenters. The highest BCUT2D eigenvalue weighted by atomic mass is 16.3. The maximum Gasteiger partial charge on any atom is 0.321 e. The highest BCUT2D eigenvalue weighted by Gasteiger charge is 2.28. The van der Waals surface area contributed by atoms with Gasteiger partial charge in [0.2, 0.25) is 0 Å². The van der Waals surface area contributed by atoms with Crippen LogP contribution in [0.5, 0.6) is 0 Å². The van der Waals surface area contributed by atoms with Gasteiger partial charge in [0.1, 0.15) is 18.2 Å². The summed E-state index contributed by atoms with van der Waals surface area (Å²) in [6.45, 7) is 3.01. The standard InChI is InChI=1S/C19H23N5O3/c1-12-9-13-5-3-7-15(17(13)27-12)20-19(26)24-8-4-6-14(10-24)18-22-21-16(11-25)23(18)2/h3,5,7,9,14,25H,4,6,8,10-11H2,1-2H3,(H,20,26)/t14-/m1/s1. The minimum Gasteiger partial charge on any atom is -0.459 e. The number of aliphatic hydroxyl groups excluding tert-OH is 1. The molecule has 0 radical (unpaired) electrons. The van der Waals surface area contributed by atoms with E-state index in [0.29, 0.717) is 30.2 Å². The highest BCUT2D eigenvalue weighted by molar-refractivity contribution is 5.99. The number of rotatable bonds is 3. The molecule has 2 amide bonds. The molecular weight excluding hydrogens is 346 g/mol. The molecule has 0 bridgehead atoms. The lowest BCUT2D eigenvalue weighted by Crippen LogP contribution is -2.42. The van der Waals surface area contributed by atoms with Gasteiger partial charge in [-0.3, -0.25) is 0 Å². The molecule has 1 saturated heterocycles. The van der Waals surface area contributed by atoms with Gasteiger partial charge in [-0.1, -0.05) is 12.1 Å². The molecule has 2 aromatic heterocycles. The molecule has 0 spiro atoms. The van der Waals surface area contributed by atoms with Gasteiger partial charge in [-0.05, 0) is 31.9 Å². The average Bonchev–Trinajstić information content (AvgIpc) is 3.24. The second kappa shape index (κ2) is 7.03. The molecule has 4 rings (SSSR count). The van der Waals surface area contributed by atoms with E-state index in [1.807, 2.05) is 42.8 Å². The number of furan rings is 1. The molecule has 2 N–H and O–H groups in total. The largest absolute Gasteiger partial charge is 0.459 e. The van der Waals surface area contributed by atoms with Crippen molar-refractivity contribution in [3.05, 3.63) is 41.7 Å². The molecule has 3 heterocycles. The van der Waals surface area contributed by atoms with E-state index in [1.165, 1.54) is 0 Å². The fourth-order valence-corrected chi connectivity index (χ4v) is 3.73. The van der Waals surface area contributed by atoms with Gasteiger partial charge in [-0.15, -0.1) is 10.2 Å². The Morgan fingerprint density at radius 2 is 2.26 bits per heavy atom. The van der Waals surface area contributed by atoms with Crippen molar-refractivity contribution in [1.82, 2.24) is 19.7 Å². The van der Waals surface area contributed by atoms with Crippen LogP contribution in [0.3, 0.4) is 0 Å². The monoisotopic (exact) mass is 369 g/mol. The Morgan fingerprint density at radius 1 is 1.41 bits per heavy atom. The van der Waals surface area contributed by atoms with Crippen LogP contribution in [0.1, 0.15) is 36.2 Å². The van der Waals surface area contributed by atoms with Gasteiger partial charge in [0.05, 0.1) is 5.69 Å². The number of anilines is 1. The SMILES string of the molecule is Cc1cc2cccc(NC(=O)N3CCC[C@@H](c4nnc(CO)n4C)C3)c2o1. The number of para-hydroxylation sites is 1. The van der Waals surface area contributed by atoms with Crippen molar-refractivity contribution in [2.45, 2.75) is 32.3 Å². The first-order valence-electron chi connectivity index (χ1n) is 9.11. The topological polar surface area (TPSA) is 96.4 Å². The van der Waals surface area contributed by atoms with Crippen molar-refractivity contribution in [2.75, 3.05) is 18.4 Å². The summed E-state index contributed by atoms with van der Waals surface area (Å²) in [4.78, 5) is 14.6. The maximum atomic E-state index is 12.8. The lowest BCUT2D eigenvalue weighted by Gasteiger charge is -2.32. The molecule has 1 aliphatic rings. The molecule has 0 aliphatic carbocycles. The Morgan fingerprint density at radius 3 is 3.04 bits per heavy atom. The van der Waals surface area contributed by atoms with Crippen molar-refractivity contribution in [2.24, 2.45) is 7.05 Å². The summed E-state index contributed by atoms with van der Waals surface area (Å²) in [7, 11) is 1.85. The van der Waals surface area contributed by atoms with Crippen molar-refractivity contribution in [3.63, 3.8) is 0 Å². The Balaban J connectivity index is 1.50. The van der Waals surface area contributed by atoms with Crippen LogP contribution in [0.4, 0.5) is 10.5 Å². The van der Waals surface area contributed by atoms with Gasteiger partial charge in [0.25, 0.3) is 0 Å². The molecule has 8 nitrogen and oxygen atoms in total. The first kappa shape index (κ1) is 17.5. The minimum atomic E-state index is -0.147. The van der Waals surface area contributed by atoms with Crippen LogP contribution < -0.4 is 5.32 Å². The number of urea groups is 1. The fourth-order valence-electron chi connectivity index (χ4n) is 3.73. The fraction of sp³-hybridized carbons (Fsp3) is 0.421. The number of carbonyl (C=O) groups is 1. The molecule has 0 saturated carbocycles. The number of nitrogens with one attached hydrogen (secondary N) is 1. The number of piperidine rings is 1. The second-order valence-electron chi connectivity index (χ2n) is 6.99. The zero-order chi connectivity index (χ0) is 19.0. The number of likely N-dealkylation sites (tertiary alicyclic amines) is 1. The quantitative estimate of drug-likeness (QED) is 0.740. The van der Waals surface area contributed by atoms with Gasteiger partial charge >= 0.3 is 6.03 Å². The number of benzene rings is 1. The number of hydrogen-bond donors (Lipinski definition) is 2. The zero-order valence-corrected chi connectivity index (χ0v) is 15.5. The Labute approximate surface area is 156 Å². The summed E-state index contributed by atoms with van der Waals surface area (Å²) < 4.78 is 7.55. The minimum absolute atomic E-state index is 0.101. The van der Waals surface area contributed by atoms with Gasteiger partial charge < -0.3 is 24.3 Å². The van der Waals surface area contributed by atoms with Gasteiger partial charge in [0.15, 0.2) is 11.4 Å². The molecule has 27 heavy (non-hydrogen) atoms. The maximum absolute atomic E-state index is 12.8. The molecule has 1 fully saturated rings. The van der Waals surface area contributed by atoms with E-state index >= 15 is 0 Å². The highest BCUT2D eigenvalue weighted by Crippen LogP contribution is 2.29. The van der Waals surface area contributed by atoms with E-state index in [0.717, 1.165) is 29.8 Å². The summed E-state index contributed by atoms with van der Waals surface area (Å²) in [5.41, 5.74) is 1.37. The van der Waals surface area contributed by atoms with Gasteiger partial charge in [-0.2, -0.15) is 0 Å².